The van der Waals surface area contributed by atoms with E-state index >= 15 is 0 Å². The Balaban J connectivity index is 1.74. The van der Waals surface area contributed by atoms with Gasteiger partial charge in [-0.1, -0.05) is 6.07 Å². The third-order valence-electron chi connectivity index (χ3n) is 4.15. The highest BCUT2D eigenvalue weighted by molar-refractivity contribution is 5.68. The fourth-order valence-corrected chi connectivity index (χ4v) is 2.81. The number of rotatable bonds is 4. The Morgan fingerprint density at radius 1 is 1.19 bits per heavy atom. The van der Waals surface area contributed by atoms with Gasteiger partial charge in [0.1, 0.15) is 23.1 Å². The molecule has 2 aromatic rings. The maximum absolute atomic E-state index is 13.9. The molecule has 0 atom stereocenters. The number of carbonyl (C=O) groups excluding carboxylic acids is 1. The van der Waals surface area contributed by atoms with Crippen LogP contribution in [0.15, 0.2) is 24.3 Å². The molecular weight excluding hydrogens is 356 g/mol. The van der Waals surface area contributed by atoms with Gasteiger partial charge in [-0.3, -0.25) is 0 Å². The van der Waals surface area contributed by atoms with Crippen molar-refractivity contribution in [3.8, 4) is 0 Å². The first-order valence-corrected chi connectivity index (χ1v) is 8.71. The Hall–Kier alpha value is -2.97. The number of halogens is 2. The predicted octanol–water partition coefficient (Wildman–Crippen LogP) is 3.09. The van der Waals surface area contributed by atoms with Crippen molar-refractivity contribution in [3.05, 3.63) is 41.6 Å². The summed E-state index contributed by atoms with van der Waals surface area (Å²) in [6.07, 6.45) is -0.334. The largest absolute Gasteiger partial charge is 0.450 e. The van der Waals surface area contributed by atoms with Gasteiger partial charge in [0.2, 0.25) is 5.95 Å². The molecule has 1 aromatic heterocycles. The number of ether oxygens (including phenoxy) is 1. The number of hydrogen-bond donors (Lipinski definition) is 1. The highest BCUT2D eigenvalue weighted by atomic mass is 19.1. The van der Waals surface area contributed by atoms with Crippen molar-refractivity contribution in [1.29, 1.82) is 0 Å². The molecule has 1 fully saturated rings. The molecule has 0 aliphatic carbocycles. The molecule has 1 N–H and O–H groups in total. The van der Waals surface area contributed by atoms with E-state index in [4.69, 9.17) is 4.74 Å². The smallest absolute Gasteiger partial charge is 0.409 e. The van der Waals surface area contributed by atoms with Crippen molar-refractivity contribution in [2.24, 2.45) is 0 Å². The van der Waals surface area contributed by atoms with Crippen LogP contribution in [0.1, 0.15) is 12.6 Å². The second kappa shape index (κ2) is 8.15. The summed E-state index contributed by atoms with van der Waals surface area (Å²) in [5, 5.41) is 2.69. The zero-order valence-electron chi connectivity index (χ0n) is 15.2. The number of benzene rings is 1. The highest BCUT2D eigenvalue weighted by Gasteiger charge is 2.24. The Kier molecular flexibility index (Phi) is 5.68. The third kappa shape index (κ3) is 4.42. The van der Waals surface area contributed by atoms with Crippen LogP contribution in [0, 0.1) is 18.6 Å². The number of aryl methyl sites for hydroxylation is 1. The lowest BCUT2D eigenvalue weighted by Gasteiger charge is -2.34. The van der Waals surface area contributed by atoms with Crippen molar-refractivity contribution in [3.63, 3.8) is 0 Å². The molecule has 0 unspecified atom stereocenters. The van der Waals surface area contributed by atoms with Gasteiger partial charge in [0, 0.05) is 37.9 Å². The van der Waals surface area contributed by atoms with Crippen LogP contribution < -0.4 is 10.2 Å². The quantitative estimate of drug-likeness (QED) is 0.883. The van der Waals surface area contributed by atoms with Crippen molar-refractivity contribution < 1.29 is 18.3 Å². The molecule has 0 spiro atoms. The first-order chi connectivity index (χ1) is 13.0. The number of hydrogen-bond acceptors (Lipinski definition) is 6. The number of nitrogens with one attached hydrogen (secondary N) is 1. The van der Waals surface area contributed by atoms with Crippen molar-refractivity contribution in [1.82, 2.24) is 14.9 Å². The zero-order chi connectivity index (χ0) is 19.4. The summed E-state index contributed by atoms with van der Waals surface area (Å²) in [4.78, 5) is 24.1. The van der Waals surface area contributed by atoms with Gasteiger partial charge in [0.05, 0.1) is 6.61 Å². The molecule has 1 aromatic carbocycles. The molecule has 1 amide bonds. The number of nitrogens with zero attached hydrogens (tertiary/aromatic N) is 4. The van der Waals surface area contributed by atoms with Gasteiger partial charge < -0.3 is 19.9 Å². The van der Waals surface area contributed by atoms with Gasteiger partial charge in [-0.2, -0.15) is 4.98 Å². The van der Waals surface area contributed by atoms with Crippen LogP contribution in [0.5, 0.6) is 0 Å². The predicted molar refractivity (Wildman–Crippen MR) is 97.2 cm³/mol. The van der Waals surface area contributed by atoms with Crippen molar-refractivity contribution >= 4 is 23.5 Å². The van der Waals surface area contributed by atoms with E-state index in [9.17, 15) is 13.6 Å². The molecule has 7 nitrogen and oxygen atoms in total. The maximum Gasteiger partial charge on any atom is 0.409 e. The maximum atomic E-state index is 13.9. The molecule has 1 aliphatic heterocycles. The summed E-state index contributed by atoms with van der Waals surface area (Å²) < 4.78 is 32.7. The Morgan fingerprint density at radius 3 is 2.48 bits per heavy atom. The first kappa shape index (κ1) is 18.8. The van der Waals surface area contributed by atoms with E-state index in [1.54, 1.807) is 24.8 Å². The van der Waals surface area contributed by atoms with Crippen LogP contribution in [-0.4, -0.2) is 53.7 Å². The summed E-state index contributed by atoms with van der Waals surface area (Å²) >= 11 is 0. The number of carbonyl (C=O) groups is 1. The van der Waals surface area contributed by atoms with Crippen molar-refractivity contribution in [2.75, 3.05) is 43.0 Å². The number of para-hydroxylation sites is 1. The van der Waals surface area contributed by atoms with E-state index in [0.717, 1.165) is 0 Å². The van der Waals surface area contributed by atoms with Crippen molar-refractivity contribution in [2.45, 2.75) is 13.8 Å². The van der Waals surface area contributed by atoms with Gasteiger partial charge in [-0.05, 0) is 26.0 Å². The van der Waals surface area contributed by atoms with E-state index in [-0.39, 0.29) is 11.8 Å². The molecule has 0 radical (unpaired) electrons. The Bertz CT molecular complexity index is 805. The Morgan fingerprint density at radius 2 is 1.85 bits per heavy atom. The van der Waals surface area contributed by atoms with E-state index in [1.165, 1.54) is 18.2 Å². The summed E-state index contributed by atoms with van der Waals surface area (Å²) in [5.74, 6) is -0.654. The lowest BCUT2D eigenvalue weighted by atomic mass is 10.3. The van der Waals surface area contributed by atoms with Gasteiger partial charge in [-0.25, -0.2) is 18.6 Å². The summed E-state index contributed by atoms with van der Waals surface area (Å²) in [5.41, 5.74) is 0.403. The minimum absolute atomic E-state index is 0.256. The van der Waals surface area contributed by atoms with Gasteiger partial charge in [-0.15, -0.1) is 0 Å². The second-order valence-electron chi connectivity index (χ2n) is 6.09. The molecule has 1 aliphatic rings. The summed E-state index contributed by atoms with van der Waals surface area (Å²) in [7, 11) is 0. The molecule has 27 heavy (non-hydrogen) atoms. The lowest BCUT2D eigenvalue weighted by Crippen LogP contribution is -2.49. The fraction of sp³-hybridized carbons (Fsp3) is 0.389. The van der Waals surface area contributed by atoms with Crippen LogP contribution in [0.3, 0.4) is 0 Å². The molecule has 1 saturated heterocycles. The number of anilines is 3. The number of aromatic nitrogens is 2. The third-order valence-corrected chi connectivity index (χ3v) is 4.15. The lowest BCUT2D eigenvalue weighted by molar-refractivity contribution is 0.105. The average molecular weight is 377 g/mol. The molecule has 2 heterocycles. The molecule has 0 bridgehead atoms. The second-order valence-corrected chi connectivity index (χ2v) is 6.09. The summed E-state index contributed by atoms with van der Waals surface area (Å²) in [6.45, 7) is 5.93. The standard InChI is InChI=1S/C18H21F2N5O2/c1-3-27-18(26)25-9-7-24(8-10-25)17-21-12(2)11-15(23-17)22-16-13(19)5-4-6-14(16)20/h4-6,11H,3,7-10H2,1-2H3,(H,21,22,23). The molecule has 3 rings (SSSR count). The fourth-order valence-electron chi connectivity index (χ4n) is 2.81. The van der Waals surface area contributed by atoms with Crippen LogP contribution >= 0.6 is 0 Å². The van der Waals surface area contributed by atoms with E-state index in [2.05, 4.69) is 15.3 Å². The van der Waals surface area contributed by atoms with Gasteiger partial charge >= 0.3 is 6.09 Å². The molecule has 144 valence electrons. The van der Waals surface area contributed by atoms with E-state index < -0.39 is 11.6 Å². The molecular formula is C18H21F2N5O2. The zero-order valence-corrected chi connectivity index (χ0v) is 15.2. The Labute approximate surface area is 156 Å². The average Bonchev–Trinajstić information content (AvgIpc) is 2.65. The van der Waals surface area contributed by atoms with Crippen LogP contribution in [0.2, 0.25) is 0 Å². The molecule has 9 heteroatoms. The van der Waals surface area contributed by atoms with Crippen LogP contribution in [-0.2, 0) is 4.74 Å². The van der Waals surface area contributed by atoms with E-state index in [0.29, 0.717) is 50.2 Å². The topological polar surface area (TPSA) is 70.6 Å². The van der Waals surface area contributed by atoms with Crippen LogP contribution in [0.25, 0.3) is 0 Å². The molecule has 0 saturated carbocycles. The SMILES string of the molecule is CCOC(=O)N1CCN(c2nc(C)cc(Nc3c(F)cccc3F)n2)CC1. The van der Waals surface area contributed by atoms with Gasteiger partial charge in [0.15, 0.2) is 0 Å². The highest BCUT2D eigenvalue weighted by Crippen LogP contribution is 2.24. The first-order valence-electron chi connectivity index (χ1n) is 8.71. The number of piperazine rings is 1. The van der Waals surface area contributed by atoms with Crippen LogP contribution in [0.4, 0.5) is 31.0 Å². The number of amides is 1. The van der Waals surface area contributed by atoms with Gasteiger partial charge in [0.25, 0.3) is 0 Å². The summed E-state index contributed by atoms with van der Waals surface area (Å²) in [6, 6.07) is 5.27. The monoisotopic (exact) mass is 377 g/mol. The minimum atomic E-state index is -0.698. The minimum Gasteiger partial charge on any atom is -0.450 e. The van der Waals surface area contributed by atoms with E-state index in [1.807, 2.05) is 4.90 Å². The normalized spacial score (nSPS) is 14.2.